The Morgan fingerprint density at radius 2 is 2.26 bits per heavy atom. The van der Waals surface area contributed by atoms with Crippen molar-refractivity contribution in [3.05, 3.63) is 41.0 Å². The van der Waals surface area contributed by atoms with Crippen LogP contribution in [0.5, 0.6) is 0 Å². The molecule has 0 saturated carbocycles. The zero-order chi connectivity index (χ0) is 13.9. The fourth-order valence-corrected chi connectivity index (χ4v) is 2.79. The standard InChI is InChI=1S/C10H7ClN4O3S/c11-8-2-1-7(4-12)3-9(8)19(16,17)14-5-10-13-6-18-15-10/h1-3,6,14H,5H2. The highest BCUT2D eigenvalue weighted by atomic mass is 35.5. The van der Waals surface area contributed by atoms with Crippen molar-refractivity contribution < 1.29 is 12.9 Å². The summed E-state index contributed by atoms with van der Waals surface area (Å²) in [5.74, 6) is 0.191. The van der Waals surface area contributed by atoms with E-state index in [1.807, 2.05) is 6.07 Å². The van der Waals surface area contributed by atoms with Crippen LogP contribution in [0, 0.1) is 11.3 Å². The molecule has 0 atom stereocenters. The topological polar surface area (TPSA) is 109 Å². The molecule has 9 heteroatoms. The Kier molecular flexibility index (Phi) is 3.80. The lowest BCUT2D eigenvalue weighted by molar-refractivity contribution is 0.409. The number of nitrogens with zero attached hydrogens (tertiary/aromatic N) is 3. The van der Waals surface area contributed by atoms with Gasteiger partial charge in [-0.3, -0.25) is 0 Å². The van der Waals surface area contributed by atoms with Gasteiger partial charge in [-0.05, 0) is 18.2 Å². The van der Waals surface area contributed by atoms with Crippen LogP contribution in [-0.4, -0.2) is 18.6 Å². The molecule has 19 heavy (non-hydrogen) atoms. The molecule has 1 aromatic heterocycles. The lowest BCUT2D eigenvalue weighted by Crippen LogP contribution is -2.24. The van der Waals surface area contributed by atoms with Gasteiger partial charge < -0.3 is 4.52 Å². The molecule has 0 aliphatic carbocycles. The second kappa shape index (κ2) is 5.36. The summed E-state index contributed by atoms with van der Waals surface area (Å²) >= 11 is 5.82. The fourth-order valence-electron chi connectivity index (χ4n) is 1.29. The number of hydrogen-bond donors (Lipinski definition) is 1. The molecule has 0 spiro atoms. The highest BCUT2D eigenvalue weighted by Crippen LogP contribution is 2.22. The van der Waals surface area contributed by atoms with E-state index in [-0.39, 0.29) is 27.9 Å². The van der Waals surface area contributed by atoms with Crippen molar-refractivity contribution in [1.29, 1.82) is 5.26 Å². The van der Waals surface area contributed by atoms with Gasteiger partial charge in [0.05, 0.1) is 23.2 Å². The summed E-state index contributed by atoms with van der Waals surface area (Å²) in [6, 6.07) is 5.82. The largest absolute Gasteiger partial charge is 0.343 e. The molecule has 0 bridgehead atoms. The second-order valence-electron chi connectivity index (χ2n) is 3.43. The first-order valence-corrected chi connectivity index (χ1v) is 6.83. The molecule has 2 rings (SSSR count). The Hall–Kier alpha value is -1.95. The predicted molar refractivity (Wildman–Crippen MR) is 64.5 cm³/mol. The lowest BCUT2D eigenvalue weighted by Gasteiger charge is -2.06. The molecule has 98 valence electrons. The molecule has 1 heterocycles. The molecule has 0 radical (unpaired) electrons. The molecular weight excluding hydrogens is 292 g/mol. The average molecular weight is 299 g/mol. The zero-order valence-electron chi connectivity index (χ0n) is 9.37. The summed E-state index contributed by atoms with van der Waals surface area (Å²) in [5, 5.41) is 12.3. The number of rotatable bonds is 4. The molecule has 7 nitrogen and oxygen atoms in total. The summed E-state index contributed by atoms with van der Waals surface area (Å²) < 4.78 is 30.8. The van der Waals surface area contributed by atoms with Gasteiger partial charge in [0.15, 0.2) is 5.82 Å². The van der Waals surface area contributed by atoms with Crippen LogP contribution in [0.1, 0.15) is 11.4 Å². The number of sulfonamides is 1. The highest BCUT2D eigenvalue weighted by molar-refractivity contribution is 7.89. The van der Waals surface area contributed by atoms with Crippen molar-refractivity contribution in [1.82, 2.24) is 14.9 Å². The van der Waals surface area contributed by atoms with E-state index in [0.717, 1.165) is 6.39 Å². The Balaban J connectivity index is 2.27. The van der Waals surface area contributed by atoms with E-state index in [1.54, 1.807) is 0 Å². The number of nitrogens with one attached hydrogen (secondary N) is 1. The Bertz CT molecular complexity index is 722. The third-order valence-corrected chi connectivity index (χ3v) is 4.06. The minimum absolute atomic E-state index is 0.0274. The van der Waals surface area contributed by atoms with Gasteiger partial charge in [-0.25, -0.2) is 13.1 Å². The maximum atomic E-state index is 12.0. The summed E-state index contributed by atoms with van der Waals surface area (Å²) in [4.78, 5) is 3.51. The van der Waals surface area contributed by atoms with Crippen molar-refractivity contribution in [3.63, 3.8) is 0 Å². The van der Waals surface area contributed by atoms with E-state index in [4.69, 9.17) is 16.9 Å². The van der Waals surface area contributed by atoms with Crippen LogP contribution in [-0.2, 0) is 16.6 Å². The summed E-state index contributed by atoms with van der Waals surface area (Å²) in [7, 11) is -3.85. The van der Waals surface area contributed by atoms with Crippen molar-refractivity contribution in [2.24, 2.45) is 0 Å². The SMILES string of the molecule is N#Cc1ccc(Cl)c(S(=O)(=O)NCc2ncon2)c1. The molecule has 1 N–H and O–H groups in total. The number of halogens is 1. The van der Waals surface area contributed by atoms with Crippen LogP contribution < -0.4 is 4.72 Å². The first-order valence-electron chi connectivity index (χ1n) is 4.97. The number of nitriles is 1. The van der Waals surface area contributed by atoms with Gasteiger partial charge in [0.25, 0.3) is 0 Å². The molecule has 2 aromatic rings. The van der Waals surface area contributed by atoms with E-state index in [9.17, 15) is 8.42 Å². The van der Waals surface area contributed by atoms with Crippen LogP contribution >= 0.6 is 11.6 Å². The average Bonchev–Trinajstić information content (AvgIpc) is 2.90. The van der Waals surface area contributed by atoms with Crippen LogP contribution in [0.3, 0.4) is 0 Å². The monoisotopic (exact) mass is 298 g/mol. The summed E-state index contributed by atoms with van der Waals surface area (Å²) in [6.07, 6.45) is 1.09. The Morgan fingerprint density at radius 3 is 2.89 bits per heavy atom. The van der Waals surface area contributed by atoms with Crippen molar-refractivity contribution >= 4 is 21.6 Å². The number of aromatic nitrogens is 2. The lowest BCUT2D eigenvalue weighted by atomic mass is 10.2. The van der Waals surface area contributed by atoms with E-state index >= 15 is 0 Å². The predicted octanol–water partition coefficient (Wildman–Crippen LogP) is 1.07. The second-order valence-corrected chi connectivity index (χ2v) is 5.57. The van der Waals surface area contributed by atoms with Crippen LogP contribution in [0.4, 0.5) is 0 Å². The van der Waals surface area contributed by atoms with Gasteiger partial charge in [0, 0.05) is 0 Å². The quantitative estimate of drug-likeness (QED) is 0.904. The Labute approximate surface area is 113 Å². The molecular formula is C10H7ClN4O3S. The normalized spacial score (nSPS) is 11.2. The van der Waals surface area contributed by atoms with Gasteiger partial charge in [0.1, 0.15) is 4.90 Å². The molecule has 0 fully saturated rings. The minimum atomic E-state index is -3.85. The van der Waals surface area contributed by atoms with E-state index < -0.39 is 10.0 Å². The summed E-state index contributed by atoms with van der Waals surface area (Å²) in [6.45, 7) is -0.133. The van der Waals surface area contributed by atoms with Crippen molar-refractivity contribution in [2.75, 3.05) is 0 Å². The molecule has 0 aliphatic heterocycles. The Morgan fingerprint density at radius 1 is 1.47 bits per heavy atom. The fraction of sp³-hybridized carbons (Fsp3) is 0.100. The van der Waals surface area contributed by atoms with Gasteiger partial charge in [0.2, 0.25) is 16.4 Å². The molecule has 0 saturated heterocycles. The van der Waals surface area contributed by atoms with E-state index in [1.165, 1.54) is 18.2 Å². The smallest absolute Gasteiger partial charge is 0.242 e. The third-order valence-electron chi connectivity index (χ3n) is 2.18. The van der Waals surface area contributed by atoms with Crippen molar-refractivity contribution in [3.8, 4) is 6.07 Å². The van der Waals surface area contributed by atoms with E-state index in [2.05, 4.69) is 19.4 Å². The van der Waals surface area contributed by atoms with Gasteiger partial charge >= 0.3 is 0 Å². The van der Waals surface area contributed by atoms with Crippen LogP contribution in [0.25, 0.3) is 0 Å². The minimum Gasteiger partial charge on any atom is -0.343 e. The number of benzene rings is 1. The molecule has 1 aromatic carbocycles. The van der Waals surface area contributed by atoms with E-state index in [0.29, 0.717) is 0 Å². The maximum absolute atomic E-state index is 12.0. The zero-order valence-corrected chi connectivity index (χ0v) is 10.9. The van der Waals surface area contributed by atoms with Crippen molar-refractivity contribution in [2.45, 2.75) is 11.4 Å². The van der Waals surface area contributed by atoms with Gasteiger partial charge in [-0.1, -0.05) is 16.8 Å². The maximum Gasteiger partial charge on any atom is 0.242 e. The molecule has 0 unspecified atom stereocenters. The highest BCUT2D eigenvalue weighted by Gasteiger charge is 2.19. The first kappa shape index (κ1) is 13.5. The third kappa shape index (κ3) is 3.08. The van der Waals surface area contributed by atoms with Crippen LogP contribution in [0.15, 0.2) is 34.0 Å². The molecule has 0 aliphatic rings. The van der Waals surface area contributed by atoms with Gasteiger partial charge in [-0.2, -0.15) is 10.2 Å². The van der Waals surface area contributed by atoms with Gasteiger partial charge in [-0.15, -0.1) is 0 Å². The molecule has 0 amide bonds. The number of hydrogen-bond acceptors (Lipinski definition) is 6. The summed E-state index contributed by atoms with van der Waals surface area (Å²) in [5.41, 5.74) is 0.198. The van der Waals surface area contributed by atoms with Crippen LogP contribution in [0.2, 0.25) is 5.02 Å². The first-order chi connectivity index (χ1) is 9.03.